The molecule has 0 spiro atoms. The van der Waals surface area contributed by atoms with Crippen LogP contribution >= 0.6 is 0 Å². The minimum atomic E-state index is 0.197. The zero-order valence-electron chi connectivity index (χ0n) is 12.1. The number of benzene rings is 1. The summed E-state index contributed by atoms with van der Waals surface area (Å²) >= 11 is 0. The summed E-state index contributed by atoms with van der Waals surface area (Å²) in [7, 11) is 1.63. The van der Waals surface area contributed by atoms with Gasteiger partial charge < -0.3 is 4.74 Å². The van der Waals surface area contributed by atoms with Crippen molar-refractivity contribution in [1.29, 1.82) is 0 Å². The number of hydrogen-bond acceptors (Lipinski definition) is 3. The fourth-order valence-corrected chi connectivity index (χ4v) is 2.39. The van der Waals surface area contributed by atoms with E-state index in [2.05, 4.69) is 18.7 Å². The largest absolute Gasteiger partial charge is 0.497 e. The van der Waals surface area contributed by atoms with Gasteiger partial charge in [0.05, 0.1) is 13.7 Å². The molecule has 0 radical (unpaired) electrons. The highest BCUT2D eigenvalue weighted by atomic mass is 16.5. The van der Waals surface area contributed by atoms with Crippen molar-refractivity contribution in [1.82, 2.24) is 4.90 Å². The summed E-state index contributed by atoms with van der Waals surface area (Å²) < 4.78 is 5.10. The molecular formula is C16H23NO2. The van der Waals surface area contributed by atoms with Gasteiger partial charge in [-0.25, -0.2) is 0 Å². The Labute approximate surface area is 115 Å². The van der Waals surface area contributed by atoms with E-state index in [1.54, 1.807) is 7.11 Å². The van der Waals surface area contributed by atoms with Gasteiger partial charge in [0.1, 0.15) is 5.75 Å². The van der Waals surface area contributed by atoms with Crippen LogP contribution in [0.4, 0.5) is 0 Å². The van der Waals surface area contributed by atoms with Crippen molar-refractivity contribution in [3.63, 3.8) is 0 Å². The third-order valence-electron chi connectivity index (χ3n) is 3.99. The van der Waals surface area contributed by atoms with E-state index in [0.29, 0.717) is 12.0 Å². The van der Waals surface area contributed by atoms with Crippen molar-refractivity contribution < 1.29 is 9.53 Å². The second kappa shape index (κ2) is 5.74. The van der Waals surface area contributed by atoms with Crippen LogP contribution in [-0.2, 0) is 0 Å². The molecule has 1 saturated heterocycles. The summed E-state index contributed by atoms with van der Waals surface area (Å²) in [6.07, 6.45) is 2.34. The van der Waals surface area contributed by atoms with Gasteiger partial charge in [-0.05, 0) is 55.6 Å². The smallest absolute Gasteiger partial charge is 0.176 e. The highest BCUT2D eigenvalue weighted by Crippen LogP contribution is 2.29. The first-order valence-electron chi connectivity index (χ1n) is 6.90. The average Bonchev–Trinajstić information content (AvgIpc) is 2.41. The van der Waals surface area contributed by atoms with Crippen LogP contribution in [0.15, 0.2) is 24.3 Å². The molecule has 0 N–H and O–H groups in total. The summed E-state index contributed by atoms with van der Waals surface area (Å²) in [6.45, 7) is 7.18. The Morgan fingerprint density at radius 2 is 1.79 bits per heavy atom. The molecule has 19 heavy (non-hydrogen) atoms. The van der Waals surface area contributed by atoms with Crippen LogP contribution in [0.5, 0.6) is 5.75 Å². The van der Waals surface area contributed by atoms with Crippen LogP contribution in [-0.4, -0.2) is 37.4 Å². The van der Waals surface area contributed by atoms with Crippen molar-refractivity contribution in [2.45, 2.75) is 26.7 Å². The van der Waals surface area contributed by atoms with E-state index in [0.717, 1.165) is 24.4 Å². The topological polar surface area (TPSA) is 29.5 Å². The maximum Gasteiger partial charge on any atom is 0.176 e. The number of rotatable bonds is 4. The van der Waals surface area contributed by atoms with Gasteiger partial charge in [0.25, 0.3) is 0 Å². The Kier molecular flexibility index (Phi) is 4.25. The van der Waals surface area contributed by atoms with Gasteiger partial charge in [-0.15, -0.1) is 0 Å². The lowest BCUT2D eigenvalue weighted by molar-refractivity contribution is 0.0845. The molecule has 3 heteroatoms. The first kappa shape index (κ1) is 14.1. The Bertz CT molecular complexity index is 427. The minimum Gasteiger partial charge on any atom is -0.497 e. The van der Waals surface area contributed by atoms with Gasteiger partial charge in [0.2, 0.25) is 0 Å². The van der Waals surface area contributed by atoms with Crippen LogP contribution in [0.2, 0.25) is 0 Å². The third kappa shape index (κ3) is 3.80. The molecule has 1 aromatic carbocycles. The van der Waals surface area contributed by atoms with Gasteiger partial charge >= 0.3 is 0 Å². The minimum absolute atomic E-state index is 0.197. The van der Waals surface area contributed by atoms with E-state index in [1.807, 2.05) is 24.3 Å². The number of carbonyl (C=O) groups excluding carboxylic acids is 1. The molecule has 3 nitrogen and oxygen atoms in total. The molecule has 1 aromatic rings. The Morgan fingerprint density at radius 3 is 2.32 bits per heavy atom. The molecule has 1 fully saturated rings. The first-order chi connectivity index (χ1) is 9.00. The second-order valence-corrected chi connectivity index (χ2v) is 6.09. The number of piperidine rings is 1. The molecule has 2 rings (SSSR count). The quantitative estimate of drug-likeness (QED) is 0.780. The standard InChI is InChI=1S/C16H23NO2/c1-16(2)8-10-17(11-9-16)12-15(18)13-4-6-14(19-3)7-5-13/h4-7H,8-12H2,1-3H3. The third-order valence-corrected chi connectivity index (χ3v) is 3.99. The summed E-state index contributed by atoms with van der Waals surface area (Å²) in [5, 5.41) is 0. The van der Waals surface area contributed by atoms with Crippen molar-refractivity contribution in [3.05, 3.63) is 29.8 Å². The predicted molar refractivity (Wildman–Crippen MR) is 76.8 cm³/mol. The molecule has 0 unspecified atom stereocenters. The van der Waals surface area contributed by atoms with Gasteiger partial charge in [0, 0.05) is 5.56 Å². The number of ether oxygens (including phenoxy) is 1. The van der Waals surface area contributed by atoms with Crippen molar-refractivity contribution >= 4 is 5.78 Å². The number of carbonyl (C=O) groups is 1. The average molecular weight is 261 g/mol. The molecular weight excluding hydrogens is 238 g/mol. The highest BCUT2D eigenvalue weighted by molar-refractivity contribution is 5.97. The molecule has 1 heterocycles. The number of nitrogens with zero attached hydrogens (tertiary/aromatic N) is 1. The van der Waals surface area contributed by atoms with Crippen LogP contribution < -0.4 is 4.74 Å². The van der Waals surface area contributed by atoms with Gasteiger partial charge in [0.15, 0.2) is 5.78 Å². The SMILES string of the molecule is COc1ccc(C(=O)CN2CCC(C)(C)CC2)cc1. The zero-order chi connectivity index (χ0) is 13.9. The molecule has 1 aliphatic rings. The van der Waals surface area contributed by atoms with E-state index in [-0.39, 0.29) is 5.78 Å². The van der Waals surface area contributed by atoms with E-state index >= 15 is 0 Å². The lowest BCUT2D eigenvalue weighted by Gasteiger charge is -2.36. The Hall–Kier alpha value is -1.35. The summed E-state index contributed by atoms with van der Waals surface area (Å²) in [4.78, 5) is 14.5. The molecule has 0 amide bonds. The monoisotopic (exact) mass is 261 g/mol. The predicted octanol–water partition coefficient (Wildman–Crippen LogP) is 3.00. The van der Waals surface area contributed by atoms with Crippen molar-refractivity contribution in [3.8, 4) is 5.75 Å². The lowest BCUT2D eigenvalue weighted by Crippen LogP contribution is -2.40. The van der Waals surface area contributed by atoms with Crippen molar-refractivity contribution in [2.24, 2.45) is 5.41 Å². The van der Waals surface area contributed by atoms with Crippen LogP contribution in [0.25, 0.3) is 0 Å². The molecule has 0 atom stereocenters. The molecule has 104 valence electrons. The summed E-state index contributed by atoms with van der Waals surface area (Å²) in [6, 6.07) is 7.36. The van der Waals surface area contributed by atoms with E-state index < -0.39 is 0 Å². The van der Waals surface area contributed by atoms with E-state index in [1.165, 1.54) is 12.8 Å². The lowest BCUT2D eigenvalue weighted by atomic mass is 9.82. The number of methoxy groups -OCH3 is 1. The van der Waals surface area contributed by atoms with E-state index in [9.17, 15) is 4.79 Å². The molecule has 0 bridgehead atoms. The van der Waals surface area contributed by atoms with Gasteiger partial charge in [-0.3, -0.25) is 9.69 Å². The van der Waals surface area contributed by atoms with Crippen LogP contribution in [0, 0.1) is 5.41 Å². The van der Waals surface area contributed by atoms with Gasteiger partial charge in [-0.1, -0.05) is 13.8 Å². The Morgan fingerprint density at radius 1 is 1.21 bits per heavy atom. The summed E-state index contributed by atoms with van der Waals surface area (Å²) in [5.41, 5.74) is 1.20. The first-order valence-corrected chi connectivity index (χ1v) is 6.90. The fraction of sp³-hybridized carbons (Fsp3) is 0.562. The Balaban J connectivity index is 1.90. The van der Waals surface area contributed by atoms with Gasteiger partial charge in [-0.2, -0.15) is 0 Å². The molecule has 0 saturated carbocycles. The van der Waals surface area contributed by atoms with Crippen LogP contribution in [0.1, 0.15) is 37.0 Å². The molecule has 0 aliphatic carbocycles. The maximum absolute atomic E-state index is 12.2. The number of ketones is 1. The van der Waals surface area contributed by atoms with Crippen molar-refractivity contribution in [2.75, 3.05) is 26.7 Å². The fourth-order valence-electron chi connectivity index (χ4n) is 2.39. The highest BCUT2D eigenvalue weighted by Gasteiger charge is 2.26. The normalized spacial score (nSPS) is 19.1. The number of Topliss-reactive ketones (excluding diaryl/α,β-unsaturated/α-hetero) is 1. The summed E-state index contributed by atoms with van der Waals surface area (Å²) in [5.74, 6) is 0.985. The maximum atomic E-state index is 12.2. The second-order valence-electron chi connectivity index (χ2n) is 6.09. The van der Waals surface area contributed by atoms with Crippen LogP contribution in [0.3, 0.4) is 0 Å². The zero-order valence-corrected chi connectivity index (χ0v) is 12.1. The molecule has 0 aromatic heterocycles. The molecule has 1 aliphatic heterocycles. The number of likely N-dealkylation sites (tertiary alicyclic amines) is 1. The number of hydrogen-bond donors (Lipinski definition) is 0. The van der Waals surface area contributed by atoms with E-state index in [4.69, 9.17) is 4.74 Å².